The summed E-state index contributed by atoms with van der Waals surface area (Å²) in [5.74, 6) is -2.25. The molecule has 0 atom stereocenters. The maximum Gasteiger partial charge on any atom is 0.191 e. The van der Waals surface area contributed by atoms with Crippen molar-refractivity contribution in [1.82, 2.24) is 0 Å². The van der Waals surface area contributed by atoms with E-state index >= 15 is 0 Å². The summed E-state index contributed by atoms with van der Waals surface area (Å²) in [6.45, 7) is 3.10. The third-order valence-corrected chi connectivity index (χ3v) is 1.85. The van der Waals surface area contributed by atoms with E-state index in [1.165, 1.54) is 19.1 Å². The van der Waals surface area contributed by atoms with E-state index < -0.39 is 23.0 Å². The van der Waals surface area contributed by atoms with Crippen molar-refractivity contribution in [2.24, 2.45) is 0 Å². The number of ketones is 1. The van der Waals surface area contributed by atoms with Crippen LogP contribution in [0.15, 0.2) is 24.3 Å². The summed E-state index contributed by atoms with van der Waals surface area (Å²) in [5.41, 5.74) is -0.220. The van der Waals surface area contributed by atoms with Crippen LogP contribution >= 0.6 is 0 Å². The topological polar surface area (TPSA) is 17.1 Å². The van der Waals surface area contributed by atoms with Gasteiger partial charge >= 0.3 is 0 Å². The molecule has 1 nitrogen and oxygen atoms in total. The molecule has 0 N–H and O–H groups in total. The Morgan fingerprint density at radius 3 is 2.57 bits per heavy atom. The van der Waals surface area contributed by atoms with Gasteiger partial charge in [0.25, 0.3) is 0 Å². The van der Waals surface area contributed by atoms with E-state index in [0.717, 1.165) is 12.1 Å². The highest BCUT2D eigenvalue weighted by molar-refractivity contribution is 6.04. The van der Waals surface area contributed by atoms with Gasteiger partial charge in [-0.1, -0.05) is 12.1 Å². The van der Waals surface area contributed by atoms with Crippen molar-refractivity contribution in [3.05, 3.63) is 47.0 Å². The number of carbonyl (C=O) groups excluding carboxylic acids is 1. The summed E-state index contributed by atoms with van der Waals surface area (Å²) in [6, 6.07) is 2.40. The average molecular weight is 196 g/mol. The number of rotatable bonds is 2. The van der Waals surface area contributed by atoms with Crippen molar-refractivity contribution >= 4 is 5.78 Å². The van der Waals surface area contributed by atoms with Gasteiger partial charge in [-0.05, 0) is 31.6 Å². The zero-order chi connectivity index (χ0) is 10.7. The van der Waals surface area contributed by atoms with Crippen molar-refractivity contribution in [2.45, 2.75) is 13.8 Å². The molecule has 0 fully saturated rings. The molecule has 1 rings (SSSR count). The molecule has 0 bridgehead atoms. The van der Waals surface area contributed by atoms with E-state index in [-0.39, 0.29) is 5.56 Å². The molecule has 0 spiro atoms. The Kier molecular flexibility index (Phi) is 3.12. The maximum absolute atomic E-state index is 13.3. The van der Waals surface area contributed by atoms with Gasteiger partial charge < -0.3 is 0 Å². The van der Waals surface area contributed by atoms with E-state index in [2.05, 4.69) is 0 Å². The third kappa shape index (κ3) is 1.87. The van der Waals surface area contributed by atoms with Crippen LogP contribution in [0.1, 0.15) is 22.8 Å². The molecule has 0 radical (unpaired) electrons. The molecular weight excluding hydrogens is 186 g/mol. The maximum atomic E-state index is 13.3. The van der Waals surface area contributed by atoms with Crippen LogP contribution in [0.5, 0.6) is 0 Å². The standard InChI is InChI=1S/C11H10F2O/c1-3-4-9(14)10-8(12)6-5-7(2)11(10)13/h3-6H,1-2H3/b4-3+. The number of aryl methyl sites for hydroxylation is 1. The number of benzene rings is 1. The lowest BCUT2D eigenvalue weighted by Gasteiger charge is -2.03. The van der Waals surface area contributed by atoms with E-state index in [9.17, 15) is 13.6 Å². The Balaban J connectivity index is 3.32. The first-order valence-corrected chi connectivity index (χ1v) is 4.19. The molecule has 0 aromatic heterocycles. The first kappa shape index (κ1) is 10.6. The fourth-order valence-electron chi connectivity index (χ4n) is 1.12. The number of allylic oxidation sites excluding steroid dienone is 2. The lowest BCUT2D eigenvalue weighted by molar-refractivity contribution is 0.103. The second kappa shape index (κ2) is 4.13. The molecule has 1 aromatic carbocycles. The van der Waals surface area contributed by atoms with E-state index in [4.69, 9.17) is 0 Å². The summed E-state index contributed by atoms with van der Waals surface area (Å²) >= 11 is 0. The number of carbonyl (C=O) groups is 1. The van der Waals surface area contributed by atoms with Gasteiger partial charge in [0.2, 0.25) is 0 Å². The molecule has 0 aliphatic heterocycles. The van der Waals surface area contributed by atoms with Crippen LogP contribution in [0.2, 0.25) is 0 Å². The summed E-state index contributed by atoms with van der Waals surface area (Å²) < 4.78 is 26.5. The largest absolute Gasteiger partial charge is 0.289 e. The van der Waals surface area contributed by atoms with Gasteiger partial charge in [0.1, 0.15) is 11.6 Å². The van der Waals surface area contributed by atoms with Crippen molar-refractivity contribution in [3.8, 4) is 0 Å². The Morgan fingerprint density at radius 2 is 2.00 bits per heavy atom. The molecule has 0 heterocycles. The minimum atomic E-state index is -0.823. The average Bonchev–Trinajstić information content (AvgIpc) is 2.13. The fraction of sp³-hybridized carbons (Fsp3) is 0.182. The molecule has 0 unspecified atom stereocenters. The molecule has 0 aliphatic carbocycles. The molecule has 74 valence electrons. The summed E-state index contributed by atoms with van der Waals surface area (Å²) in [7, 11) is 0. The van der Waals surface area contributed by atoms with E-state index in [0.29, 0.717) is 0 Å². The van der Waals surface area contributed by atoms with Crippen LogP contribution in [0.25, 0.3) is 0 Å². The highest BCUT2D eigenvalue weighted by Gasteiger charge is 2.16. The molecular formula is C11H10F2O. The highest BCUT2D eigenvalue weighted by atomic mass is 19.1. The normalized spacial score (nSPS) is 10.9. The van der Waals surface area contributed by atoms with Crippen LogP contribution < -0.4 is 0 Å². The van der Waals surface area contributed by atoms with Gasteiger partial charge in [-0.15, -0.1) is 0 Å². The quantitative estimate of drug-likeness (QED) is 0.525. The Hall–Kier alpha value is -1.51. The SMILES string of the molecule is C/C=C/C(=O)c1c(F)ccc(C)c1F. The molecule has 0 saturated carbocycles. The zero-order valence-corrected chi connectivity index (χ0v) is 7.97. The smallest absolute Gasteiger partial charge is 0.191 e. The summed E-state index contributed by atoms with van der Waals surface area (Å²) in [5, 5.41) is 0. The van der Waals surface area contributed by atoms with Gasteiger partial charge in [0.15, 0.2) is 5.78 Å². The fourth-order valence-corrected chi connectivity index (χ4v) is 1.12. The second-order valence-corrected chi connectivity index (χ2v) is 2.92. The monoisotopic (exact) mass is 196 g/mol. The van der Waals surface area contributed by atoms with Crippen LogP contribution in [0.4, 0.5) is 8.78 Å². The first-order valence-electron chi connectivity index (χ1n) is 4.19. The second-order valence-electron chi connectivity index (χ2n) is 2.92. The Morgan fingerprint density at radius 1 is 1.36 bits per heavy atom. The van der Waals surface area contributed by atoms with E-state index in [1.54, 1.807) is 6.92 Å². The lowest BCUT2D eigenvalue weighted by Crippen LogP contribution is -2.04. The van der Waals surface area contributed by atoms with Crippen molar-refractivity contribution in [3.63, 3.8) is 0 Å². The number of hydrogen-bond donors (Lipinski definition) is 0. The van der Waals surface area contributed by atoms with Crippen LogP contribution in [0.3, 0.4) is 0 Å². The van der Waals surface area contributed by atoms with Gasteiger partial charge in [0.05, 0.1) is 5.56 Å². The van der Waals surface area contributed by atoms with Crippen molar-refractivity contribution < 1.29 is 13.6 Å². The minimum Gasteiger partial charge on any atom is -0.289 e. The van der Waals surface area contributed by atoms with Crippen LogP contribution in [0, 0.1) is 18.6 Å². The van der Waals surface area contributed by atoms with Crippen LogP contribution in [-0.2, 0) is 0 Å². The Bertz CT molecular complexity index is 395. The van der Waals surface area contributed by atoms with Crippen LogP contribution in [-0.4, -0.2) is 5.78 Å². The van der Waals surface area contributed by atoms with E-state index in [1.807, 2.05) is 0 Å². The van der Waals surface area contributed by atoms with Gasteiger partial charge in [-0.2, -0.15) is 0 Å². The van der Waals surface area contributed by atoms with Gasteiger partial charge in [-0.25, -0.2) is 8.78 Å². The molecule has 1 aromatic rings. The first-order chi connectivity index (χ1) is 6.57. The van der Waals surface area contributed by atoms with Crippen molar-refractivity contribution in [2.75, 3.05) is 0 Å². The molecule has 0 aliphatic rings. The summed E-state index contributed by atoms with van der Waals surface area (Å²) in [4.78, 5) is 11.3. The minimum absolute atomic E-state index is 0.263. The third-order valence-electron chi connectivity index (χ3n) is 1.85. The molecule has 0 saturated heterocycles. The van der Waals surface area contributed by atoms with Crippen molar-refractivity contribution in [1.29, 1.82) is 0 Å². The van der Waals surface area contributed by atoms with Gasteiger partial charge in [0, 0.05) is 0 Å². The summed E-state index contributed by atoms with van der Waals surface area (Å²) in [6.07, 6.45) is 2.59. The predicted molar refractivity (Wildman–Crippen MR) is 50.2 cm³/mol. The highest BCUT2D eigenvalue weighted by Crippen LogP contribution is 2.17. The number of hydrogen-bond acceptors (Lipinski definition) is 1. The number of halogens is 2. The lowest BCUT2D eigenvalue weighted by atomic mass is 10.1. The Labute approximate surface area is 81.1 Å². The molecule has 14 heavy (non-hydrogen) atoms. The molecule has 0 amide bonds. The van der Waals surface area contributed by atoms with Gasteiger partial charge in [-0.3, -0.25) is 4.79 Å². The zero-order valence-electron chi connectivity index (χ0n) is 7.97. The predicted octanol–water partition coefficient (Wildman–Crippen LogP) is 3.03. The molecule has 3 heteroatoms.